The fourth-order valence-corrected chi connectivity index (χ4v) is 2.05. The molecule has 2 amide bonds. The highest BCUT2D eigenvalue weighted by Gasteiger charge is 2.18. The first-order chi connectivity index (χ1) is 9.65. The summed E-state index contributed by atoms with van der Waals surface area (Å²) in [6.07, 6.45) is 0.304. The fourth-order valence-electron chi connectivity index (χ4n) is 2.05. The molecule has 0 radical (unpaired) electrons. The summed E-state index contributed by atoms with van der Waals surface area (Å²) in [5.74, 6) is 0.389. The zero-order valence-electron chi connectivity index (χ0n) is 12.1. The van der Waals surface area contributed by atoms with Crippen molar-refractivity contribution in [2.75, 3.05) is 19.6 Å². The van der Waals surface area contributed by atoms with Gasteiger partial charge in [-0.25, -0.2) is 0 Å². The number of halogens is 1. The standard InChI is InChI=1S/C15H21N3O2.ClH/c1-11(7-14(19)17-10-12-8-16-9-12)18-15(20)13-5-3-2-4-6-13;/h2-6,11-12,16H,7-10H2,1H3,(H,17,19)(H,18,20);1H. The van der Waals surface area contributed by atoms with Gasteiger partial charge in [0.2, 0.25) is 5.91 Å². The van der Waals surface area contributed by atoms with Crippen molar-refractivity contribution in [3.8, 4) is 0 Å². The monoisotopic (exact) mass is 311 g/mol. The second-order valence-electron chi connectivity index (χ2n) is 5.27. The van der Waals surface area contributed by atoms with Gasteiger partial charge < -0.3 is 16.0 Å². The quantitative estimate of drug-likeness (QED) is 0.732. The molecule has 1 aliphatic heterocycles. The summed E-state index contributed by atoms with van der Waals surface area (Å²) in [7, 11) is 0. The first kappa shape index (κ1) is 17.5. The minimum Gasteiger partial charge on any atom is -0.356 e. The van der Waals surface area contributed by atoms with E-state index in [2.05, 4.69) is 16.0 Å². The van der Waals surface area contributed by atoms with Gasteiger partial charge in [-0.3, -0.25) is 9.59 Å². The van der Waals surface area contributed by atoms with Gasteiger partial charge in [0.1, 0.15) is 0 Å². The molecule has 3 N–H and O–H groups in total. The van der Waals surface area contributed by atoms with Crippen LogP contribution in [0.3, 0.4) is 0 Å². The van der Waals surface area contributed by atoms with Crippen LogP contribution in [0.1, 0.15) is 23.7 Å². The summed E-state index contributed by atoms with van der Waals surface area (Å²) in [5.41, 5.74) is 0.611. The molecule has 6 heteroatoms. The van der Waals surface area contributed by atoms with Gasteiger partial charge in [-0.15, -0.1) is 12.4 Å². The Morgan fingerprint density at radius 1 is 1.29 bits per heavy atom. The van der Waals surface area contributed by atoms with Gasteiger partial charge in [-0.05, 0) is 19.1 Å². The lowest BCUT2D eigenvalue weighted by molar-refractivity contribution is -0.121. The largest absolute Gasteiger partial charge is 0.356 e. The minimum atomic E-state index is -0.178. The zero-order valence-corrected chi connectivity index (χ0v) is 12.9. The molecule has 1 atom stereocenters. The number of nitrogens with one attached hydrogen (secondary N) is 3. The maximum Gasteiger partial charge on any atom is 0.251 e. The number of benzene rings is 1. The van der Waals surface area contributed by atoms with Gasteiger partial charge >= 0.3 is 0 Å². The molecule has 1 saturated heterocycles. The maximum absolute atomic E-state index is 11.9. The van der Waals surface area contributed by atoms with Crippen LogP contribution >= 0.6 is 12.4 Å². The molecule has 0 bridgehead atoms. The van der Waals surface area contributed by atoms with Crippen LogP contribution in [0.15, 0.2) is 30.3 Å². The fraction of sp³-hybridized carbons (Fsp3) is 0.467. The van der Waals surface area contributed by atoms with Crippen LogP contribution in [0.25, 0.3) is 0 Å². The second-order valence-corrected chi connectivity index (χ2v) is 5.27. The SMILES string of the molecule is CC(CC(=O)NCC1CNC1)NC(=O)c1ccccc1.Cl. The highest BCUT2D eigenvalue weighted by Crippen LogP contribution is 2.02. The van der Waals surface area contributed by atoms with Crippen LogP contribution in [-0.2, 0) is 4.79 Å². The molecule has 0 aliphatic carbocycles. The minimum absolute atomic E-state index is 0. The van der Waals surface area contributed by atoms with E-state index in [0.29, 0.717) is 24.4 Å². The van der Waals surface area contributed by atoms with E-state index in [4.69, 9.17) is 0 Å². The molecule has 1 aliphatic rings. The Labute approximate surface area is 131 Å². The Morgan fingerprint density at radius 3 is 2.52 bits per heavy atom. The van der Waals surface area contributed by atoms with Crippen LogP contribution in [0.4, 0.5) is 0 Å². The number of carbonyl (C=O) groups excluding carboxylic acids is 2. The van der Waals surface area contributed by atoms with Gasteiger partial charge in [0, 0.05) is 43.6 Å². The molecule has 1 fully saturated rings. The van der Waals surface area contributed by atoms with Crippen molar-refractivity contribution in [3.05, 3.63) is 35.9 Å². The molecule has 21 heavy (non-hydrogen) atoms. The topological polar surface area (TPSA) is 70.2 Å². The Balaban J connectivity index is 0.00000220. The van der Waals surface area contributed by atoms with Crippen LogP contribution < -0.4 is 16.0 Å². The molecule has 0 aromatic heterocycles. The summed E-state index contributed by atoms with van der Waals surface area (Å²) >= 11 is 0. The lowest BCUT2D eigenvalue weighted by Crippen LogP contribution is -2.48. The van der Waals surface area contributed by atoms with Crippen molar-refractivity contribution in [3.63, 3.8) is 0 Å². The number of rotatable bonds is 6. The van der Waals surface area contributed by atoms with Crippen LogP contribution in [0.5, 0.6) is 0 Å². The molecule has 0 spiro atoms. The van der Waals surface area contributed by atoms with Gasteiger partial charge in [0.25, 0.3) is 5.91 Å². The Hall–Kier alpha value is -1.59. The molecular formula is C15H22ClN3O2. The summed E-state index contributed by atoms with van der Waals surface area (Å²) in [4.78, 5) is 23.6. The van der Waals surface area contributed by atoms with Crippen LogP contribution in [0, 0.1) is 5.92 Å². The average molecular weight is 312 g/mol. The predicted molar refractivity (Wildman–Crippen MR) is 84.6 cm³/mol. The van der Waals surface area contributed by atoms with Crippen molar-refractivity contribution in [1.82, 2.24) is 16.0 Å². The summed E-state index contributed by atoms with van der Waals surface area (Å²) in [6.45, 7) is 4.50. The lowest BCUT2D eigenvalue weighted by Gasteiger charge is -2.27. The molecule has 1 heterocycles. The third-order valence-electron chi connectivity index (χ3n) is 3.36. The zero-order chi connectivity index (χ0) is 14.4. The van der Waals surface area contributed by atoms with Crippen LogP contribution in [-0.4, -0.2) is 37.5 Å². The van der Waals surface area contributed by atoms with Crippen LogP contribution in [0.2, 0.25) is 0 Å². The molecule has 116 valence electrons. The average Bonchev–Trinajstić information content (AvgIpc) is 2.37. The van der Waals surface area contributed by atoms with E-state index in [9.17, 15) is 9.59 Å². The molecule has 1 unspecified atom stereocenters. The Kier molecular flexibility index (Phi) is 7.19. The van der Waals surface area contributed by atoms with Gasteiger partial charge in [-0.2, -0.15) is 0 Å². The number of hydrogen-bond donors (Lipinski definition) is 3. The molecular weight excluding hydrogens is 290 g/mol. The first-order valence-electron chi connectivity index (χ1n) is 6.98. The Bertz CT molecular complexity index is 463. The van der Waals surface area contributed by atoms with Gasteiger partial charge in [0.05, 0.1) is 0 Å². The third-order valence-corrected chi connectivity index (χ3v) is 3.36. The smallest absolute Gasteiger partial charge is 0.251 e. The van der Waals surface area contributed by atoms with E-state index in [1.54, 1.807) is 12.1 Å². The molecule has 5 nitrogen and oxygen atoms in total. The van der Waals surface area contributed by atoms with E-state index in [1.165, 1.54) is 0 Å². The highest BCUT2D eigenvalue weighted by atomic mass is 35.5. The van der Waals surface area contributed by atoms with Crippen molar-refractivity contribution in [2.24, 2.45) is 5.92 Å². The number of hydrogen-bond acceptors (Lipinski definition) is 3. The van der Waals surface area contributed by atoms with Crippen molar-refractivity contribution < 1.29 is 9.59 Å². The molecule has 1 aromatic rings. The van der Waals surface area contributed by atoms with E-state index in [-0.39, 0.29) is 30.3 Å². The second kappa shape index (κ2) is 8.64. The highest BCUT2D eigenvalue weighted by molar-refractivity contribution is 5.94. The van der Waals surface area contributed by atoms with E-state index < -0.39 is 0 Å². The third kappa shape index (κ3) is 5.73. The van der Waals surface area contributed by atoms with Crippen molar-refractivity contribution in [2.45, 2.75) is 19.4 Å². The normalized spacial score (nSPS) is 15.3. The first-order valence-corrected chi connectivity index (χ1v) is 6.98. The summed E-state index contributed by atoms with van der Waals surface area (Å²) < 4.78 is 0. The van der Waals surface area contributed by atoms with E-state index >= 15 is 0 Å². The summed E-state index contributed by atoms with van der Waals surface area (Å²) in [6, 6.07) is 8.83. The molecule has 0 saturated carbocycles. The molecule has 1 aromatic carbocycles. The maximum atomic E-state index is 11.9. The number of amides is 2. The van der Waals surface area contributed by atoms with Crippen molar-refractivity contribution in [1.29, 1.82) is 0 Å². The lowest BCUT2D eigenvalue weighted by atomic mass is 10.0. The van der Waals surface area contributed by atoms with Gasteiger partial charge in [0.15, 0.2) is 0 Å². The van der Waals surface area contributed by atoms with E-state index in [0.717, 1.165) is 13.1 Å². The number of carbonyl (C=O) groups is 2. The van der Waals surface area contributed by atoms with E-state index in [1.807, 2.05) is 25.1 Å². The Morgan fingerprint density at radius 2 is 1.95 bits per heavy atom. The van der Waals surface area contributed by atoms with Gasteiger partial charge in [-0.1, -0.05) is 18.2 Å². The molecule has 2 rings (SSSR count). The van der Waals surface area contributed by atoms with Crippen molar-refractivity contribution >= 4 is 24.2 Å². The predicted octanol–water partition coefficient (Wildman–Crippen LogP) is 0.952. The summed E-state index contributed by atoms with van der Waals surface area (Å²) in [5, 5.41) is 8.89.